The van der Waals surface area contributed by atoms with Crippen LogP contribution in [0.4, 0.5) is 0 Å². The highest BCUT2D eigenvalue weighted by Crippen LogP contribution is 2.38. The van der Waals surface area contributed by atoms with E-state index in [1.54, 1.807) is 53.6 Å². The number of methoxy groups -OCH3 is 1. The summed E-state index contributed by atoms with van der Waals surface area (Å²) in [5.74, 6) is -2.73. The molecule has 0 bridgehead atoms. The number of hydrogen-bond donors (Lipinski definition) is 3. The van der Waals surface area contributed by atoms with Crippen molar-refractivity contribution in [3.05, 3.63) is 42.1 Å². The zero-order chi connectivity index (χ0) is 52.0. The van der Waals surface area contributed by atoms with Crippen LogP contribution in [0.3, 0.4) is 0 Å². The minimum absolute atomic E-state index is 0.00526. The molecule has 3 saturated heterocycles. The van der Waals surface area contributed by atoms with Gasteiger partial charge >= 0.3 is 17.9 Å². The predicted molar refractivity (Wildman–Crippen MR) is 263 cm³/mol. The Hall–Kier alpha value is -3.69. The van der Waals surface area contributed by atoms with Gasteiger partial charge in [0, 0.05) is 50.9 Å². The lowest BCUT2D eigenvalue weighted by atomic mass is 9.82. The van der Waals surface area contributed by atoms with Crippen LogP contribution in [0.2, 0.25) is 0 Å². The molecule has 2 aromatic rings. The Labute approximate surface area is 420 Å². The van der Waals surface area contributed by atoms with Gasteiger partial charge in [-0.25, -0.2) is 0 Å². The van der Waals surface area contributed by atoms with Crippen molar-refractivity contribution in [3.8, 4) is 0 Å². The fourth-order valence-corrected chi connectivity index (χ4v) is 10.4. The van der Waals surface area contributed by atoms with E-state index in [4.69, 9.17) is 37.9 Å². The van der Waals surface area contributed by atoms with Crippen LogP contribution in [0.25, 0.3) is 10.9 Å². The molecule has 0 amide bonds. The van der Waals surface area contributed by atoms with Gasteiger partial charge in [-0.3, -0.25) is 19.4 Å². The monoisotopic (exact) mass is 1000 g/mol. The van der Waals surface area contributed by atoms with Gasteiger partial charge in [0.15, 0.2) is 18.7 Å². The number of aliphatic hydroxyl groups is 3. The number of para-hydroxylation sites is 1. The standard InChI is InChI=1S/C53H83N3O15/c1-11-42(59)68-41-28-44(61)67-38(20-15-13-18-35-27-36-19-14-16-22-39(36)54-30-35)21-17-24-56(9)31-40(58)32(3)26-37(23-25-57)49(50(41)64-10)71-52-47(62)46(55(7)8)48(33(4)66-52)70-45-29-53(6,63)51(34(5)65-45)69-43(60)12-2/h14,16,19,22,25,27,30,32-34,37-38,40-41,45-52,58,62-63H,11-13,15,17-18,20-21,23-24,26,28-29,31H2,1-10H3/t32-,33?,34?,37+,38+,40+,41-,45+,46?,47?,48-,49+,50+,51+,52+,53?/m1/s1. The molecule has 18 heteroatoms. The second-order valence-corrected chi connectivity index (χ2v) is 20.5. The average Bonchev–Trinajstić information content (AvgIpc) is 3.31. The van der Waals surface area contributed by atoms with E-state index in [0.717, 1.165) is 42.0 Å². The zero-order valence-electron chi connectivity index (χ0n) is 43.7. The lowest BCUT2D eigenvalue weighted by Crippen LogP contribution is -2.66. The smallest absolute Gasteiger partial charge is 0.309 e. The van der Waals surface area contributed by atoms with Crippen molar-refractivity contribution < 1.29 is 72.4 Å². The number of carbonyl (C=O) groups is 4. The first-order valence-corrected chi connectivity index (χ1v) is 25.7. The summed E-state index contributed by atoms with van der Waals surface area (Å²) >= 11 is 0. The van der Waals surface area contributed by atoms with Crippen molar-refractivity contribution in [1.82, 2.24) is 14.8 Å². The van der Waals surface area contributed by atoms with Crippen molar-refractivity contribution in [1.29, 1.82) is 0 Å². The molecule has 4 heterocycles. The first-order chi connectivity index (χ1) is 33.8. The number of benzene rings is 1. The highest BCUT2D eigenvalue weighted by molar-refractivity contribution is 5.78. The molecule has 1 aromatic heterocycles. The number of aromatic nitrogens is 1. The molecule has 71 heavy (non-hydrogen) atoms. The van der Waals surface area contributed by atoms with Gasteiger partial charge in [-0.15, -0.1) is 0 Å². The lowest BCUT2D eigenvalue weighted by molar-refractivity contribution is -0.344. The van der Waals surface area contributed by atoms with E-state index >= 15 is 0 Å². The van der Waals surface area contributed by atoms with E-state index in [9.17, 15) is 34.5 Å². The summed E-state index contributed by atoms with van der Waals surface area (Å²) in [5.41, 5.74) is 0.565. The molecule has 400 valence electrons. The van der Waals surface area contributed by atoms with E-state index < -0.39 is 116 Å². The molecule has 18 nitrogen and oxygen atoms in total. The maximum absolute atomic E-state index is 14.2. The first-order valence-electron chi connectivity index (χ1n) is 25.7. The molecule has 3 N–H and O–H groups in total. The van der Waals surface area contributed by atoms with Crippen LogP contribution in [0.15, 0.2) is 36.5 Å². The van der Waals surface area contributed by atoms with E-state index in [1.807, 2.05) is 49.3 Å². The number of aliphatic hydroxyl groups excluding tert-OH is 2. The highest BCUT2D eigenvalue weighted by Gasteiger charge is 2.53. The summed E-state index contributed by atoms with van der Waals surface area (Å²) in [7, 11) is 6.87. The molecular formula is C53H83N3O15. The number of cyclic esters (lactones) is 1. The van der Waals surface area contributed by atoms with Crippen LogP contribution in [-0.2, 0) is 63.5 Å². The molecular weight excluding hydrogens is 919 g/mol. The van der Waals surface area contributed by atoms with Gasteiger partial charge in [-0.05, 0) is 123 Å². The topological polar surface area (TPSA) is 222 Å². The molecule has 3 aliphatic rings. The molecule has 3 fully saturated rings. The second kappa shape index (κ2) is 27.6. The molecule has 0 radical (unpaired) electrons. The van der Waals surface area contributed by atoms with Gasteiger partial charge in [0.2, 0.25) is 0 Å². The Bertz CT molecular complexity index is 1990. The number of ether oxygens (including phenoxy) is 8. The summed E-state index contributed by atoms with van der Waals surface area (Å²) < 4.78 is 50.0. The number of fused-ring (bicyclic) bond motifs is 1. The number of carbonyl (C=O) groups excluding carboxylic acids is 4. The number of rotatable bonds is 17. The number of aldehydes is 1. The van der Waals surface area contributed by atoms with E-state index in [0.29, 0.717) is 32.4 Å². The molecule has 0 saturated carbocycles. The van der Waals surface area contributed by atoms with Crippen molar-refractivity contribution in [3.63, 3.8) is 0 Å². The third kappa shape index (κ3) is 16.4. The number of unbranched alkanes of at least 4 members (excludes halogenated alkanes) is 1. The van der Waals surface area contributed by atoms with Crippen molar-refractivity contribution >= 4 is 35.1 Å². The van der Waals surface area contributed by atoms with E-state index in [2.05, 4.69) is 11.1 Å². The average molecular weight is 1000 g/mol. The number of β-amino-alcohol motifs (C(OH)–C–C–N with tert-alkyl or cyclic N) is 1. The predicted octanol–water partition coefficient (Wildman–Crippen LogP) is 4.92. The van der Waals surface area contributed by atoms with Crippen LogP contribution >= 0.6 is 0 Å². The van der Waals surface area contributed by atoms with Crippen molar-refractivity contribution in [2.45, 2.75) is 204 Å². The quantitative estimate of drug-likeness (QED) is 0.0829. The van der Waals surface area contributed by atoms with Crippen LogP contribution < -0.4 is 0 Å². The fourth-order valence-electron chi connectivity index (χ4n) is 10.4. The molecule has 16 atom stereocenters. The number of hydrogen-bond acceptors (Lipinski definition) is 18. The van der Waals surface area contributed by atoms with Crippen LogP contribution in [0.5, 0.6) is 0 Å². The number of nitrogens with zero attached hydrogens (tertiary/aromatic N) is 3. The normalized spacial score (nSPS) is 35.2. The summed E-state index contributed by atoms with van der Waals surface area (Å²) in [6.45, 7) is 11.2. The third-order valence-electron chi connectivity index (χ3n) is 14.4. The number of likely N-dealkylation sites (N-methyl/N-ethyl adjacent to an activating group) is 2. The number of pyridine rings is 1. The fraction of sp³-hybridized carbons (Fsp3) is 0.755. The van der Waals surface area contributed by atoms with Crippen molar-refractivity contribution in [2.24, 2.45) is 11.8 Å². The summed E-state index contributed by atoms with van der Waals surface area (Å²) in [6.07, 6.45) is -5.04. The number of aryl methyl sites for hydroxylation is 1. The second-order valence-electron chi connectivity index (χ2n) is 20.5. The summed E-state index contributed by atoms with van der Waals surface area (Å²) in [4.78, 5) is 60.6. The maximum atomic E-state index is 14.2. The maximum Gasteiger partial charge on any atom is 0.309 e. The Morgan fingerprint density at radius 1 is 0.986 bits per heavy atom. The van der Waals surface area contributed by atoms with Crippen LogP contribution in [-0.4, -0.2) is 181 Å². The van der Waals surface area contributed by atoms with Gasteiger partial charge in [0.1, 0.15) is 42.4 Å². The lowest BCUT2D eigenvalue weighted by Gasteiger charge is -2.50. The molecule has 1 aromatic carbocycles. The van der Waals surface area contributed by atoms with Gasteiger partial charge in [0.05, 0.1) is 42.4 Å². The summed E-state index contributed by atoms with van der Waals surface area (Å²) in [5, 5.41) is 36.5. The largest absolute Gasteiger partial charge is 0.462 e. The van der Waals surface area contributed by atoms with Crippen LogP contribution in [0, 0.1) is 11.8 Å². The van der Waals surface area contributed by atoms with Gasteiger partial charge < -0.3 is 67.8 Å². The Kier molecular flexibility index (Phi) is 22.6. The van der Waals surface area contributed by atoms with Gasteiger partial charge in [-0.2, -0.15) is 0 Å². The minimum atomic E-state index is -1.50. The molecule has 5 unspecified atom stereocenters. The SMILES string of the molecule is CCC(=O)O[C@@H]1CC(=O)O[C@@H](CCCCc2cnc3ccccc3c2)CCCN(C)C[C@H](O)[C@H](C)C[C@H](CC=O)[C@H](O[C@@H]2OC(C)[C@@H](O[C@H]3CC(C)(O)[C@@H](OC(=O)CC)C(C)O3)C(N(C)C)C2O)[C@H]1OC. The number of esters is 3. The zero-order valence-corrected chi connectivity index (χ0v) is 43.7. The first kappa shape index (κ1) is 58.2. The van der Waals surface area contributed by atoms with E-state index in [1.165, 1.54) is 7.11 Å². The van der Waals surface area contributed by atoms with Crippen LogP contribution in [0.1, 0.15) is 118 Å². The van der Waals surface area contributed by atoms with Gasteiger partial charge in [-0.1, -0.05) is 39.0 Å². The Morgan fingerprint density at radius 2 is 1.70 bits per heavy atom. The Morgan fingerprint density at radius 3 is 2.38 bits per heavy atom. The van der Waals surface area contributed by atoms with Gasteiger partial charge in [0.25, 0.3) is 0 Å². The highest BCUT2D eigenvalue weighted by atomic mass is 16.7. The molecule has 0 spiro atoms. The molecule has 3 aliphatic heterocycles. The molecule has 5 rings (SSSR count). The van der Waals surface area contributed by atoms with Crippen molar-refractivity contribution in [2.75, 3.05) is 41.3 Å². The summed E-state index contributed by atoms with van der Waals surface area (Å²) in [6, 6.07) is 9.36. The third-order valence-corrected chi connectivity index (χ3v) is 14.4. The van der Waals surface area contributed by atoms with E-state index in [-0.39, 0.29) is 38.0 Å². The Balaban J connectivity index is 1.40. The minimum Gasteiger partial charge on any atom is -0.462 e. The molecule has 0 aliphatic carbocycles.